The SMILES string of the molecule is CNC1CCCC(C)(C)N(CC(C)O)C1=O. The van der Waals surface area contributed by atoms with Gasteiger partial charge in [0.2, 0.25) is 5.91 Å². The summed E-state index contributed by atoms with van der Waals surface area (Å²) in [7, 11) is 1.82. The van der Waals surface area contributed by atoms with Gasteiger partial charge < -0.3 is 15.3 Å². The highest BCUT2D eigenvalue weighted by Gasteiger charge is 2.37. The third kappa shape index (κ3) is 2.95. The predicted molar refractivity (Wildman–Crippen MR) is 64.2 cm³/mol. The van der Waals surface area contributed by atoms with Gasteiger partial charge >= 0.3 is 0 Å². The maximum Gasteiger partial charge on any atom is 0.240 e. The topological polar surface area (TPSA) is 52.6 Å². The number of carbonyl (C=O) groups is 1. The van der Waals surface area contributed by atoms with Crippen molar-refractivity contribution in [2.75, 3.05) is 13.6 Å². The molecule has 0 spiro atoms. The average Bonchev–Trinajstić information content (AvgIpc) is 2.28. The Morgan fingerprint density at radius 2 is 2.25 bits per heavy atom. The molecule has 1 amide bonds. The van der Waals surface area contributed by atoms with Crippen molar-refractivity contribution < 1.29 is 9.90 Å². The number of amides is 1. The van der Waals surface area contributed by atoms with E-state index in [1.54, 1.807) is 6.92 Å². The van der Waals surface area contributed by atoms with E-state index >= 15 is 0 Å². The van der Waals surface area contributed by atoms with Crippen molar-refractivity contribution in [2.24, 2.45) is 0 Å². The molecule has 4 nitrogen and oxygen atoms in total. The number of likely N-dealkylation sites (N-methyl/N-ethyl adjacent to an activating group) is 1. The number of hydrogen-bond donors (Lipinski definition) is 2. The highest BCUT2D eigenvalue weighted by Crippen LogP contribution is 2.27. The van der Waals surface area contributed by atoms with Gasteiger partial charge in [-0.3, -0.25) is 4.79 Å². The van der Waals surface area contributed by atoms with Gasteiger partial charge in [0, 0.05) is 12.1 Å². The first-order valence-corrected chi connectivity index (χ1v) is 6.05. The second-order valence-corrected chi connectivity index (χ2v) is 5.34. The van der Waals surface area contributed by atoms with Crippen molar-refractivity contribution in [3.63, 3.8) is 0 Å². The minimum atomic E-state index is -0.473. The third-order valence-corrected chi connectivity index (χ3v) is 3.37. The zero-order chi connectivity index (χ0) is 12.3. The lowest BCUT2D eigenvalue weighted by Crippen LogP contribution is -2.54. The van der Waals surface area contributed by atoms with E-state index in [4.69, 9.17) is 0 Å². The first kappa shape index (κ1) is 13.5. The Labute approximate surface area is 98.0 Å². The maximum absolute atomic E-state index is 12.3. The number of carbonyl (C=O) groups excluding carboxylic acids is 1. The molecule has 1 aliphatic rings. The quantitative estimate of drug-likeness (QED) is 0.749. The second kappa shape index (κ2) is 5.15. The van der Waals surface area contributed by atoms with Crippen LogP contribution in [-0.4, -0.2) is 47.2 Å². The summed E-state index contributed by atoms with van der Waals surface area (Å²) in [4.78, 5) is 14.1. The minimum absolute atomic E-state index is 0.0967. The van der Waals surface area contributed by atoms with Crippen molar-refractivity contribution in [2.45, 2.75) is 57.7 Å². The Morgan fingerprint density at radius 3 is 2.75 bits per heavy atom. The molecule has 1 aliphatic heterocycles. The standard InChI is InChI=1S/C12H24N2O2/c1-9(15)8-14-11(16)10(13-4)6-5-7-12(14,2)3/h9-10,13,15H,5-8H2,1-4H3. The molecule has 1 rings (SSSR count). The van der Waals surface area contributed by atoms with Gasteiger partial charge in [0.05, 0.1) is 12.1 Å². The summed E-state index contributed by atoms with van der Waals surface area (Å²) in [5, 5.41) is 12.6. The van der Waals surface area contributed by atoms with Crippen LogP contribution < -0.4 is 5.32 Å². The molecule has 0 saturated carbocycles. The molecule has 4 heteroatoms. The summed E-state index contributed by atoms with van der Waals surface area (Å²) in [5.74, 6) is 0.117. The highest BCUT2D eigenvalue weighted by atomic mass is 16.3. The zero-order valence-corrected chi connectivity index (χ0v) is 10.8. The highest BCUT2D eigenvalue weighted by molar-refractivity contribution is 5.82. The molecule has 16 heavy (non-hydrogen) atoms. The first-order valence-electron chi connectivity index (χ1n) is 6.05. The first-order chi connectivity index (χ1) is 7.38. The van der Waals surface area contributed by atoms with E-state index in [1.165, 1.54) is 0 Å². The van der Waals surface area contributed by atoms with Gasteiger partial charge in [-0.2, -0.15) is 0 Å². The van der Waals surface area contributed by atoms with Crippen LogP contribution in [0, 0.1) is 0 Å². The van der Waals surface area contributed by atoms with Gasteiger partial charge in [0.15, 0.2) is 0 Å². The molecule has 1 fully saturated rings. The number of likely N-dealkylation sites (tertiary alicyclic amines) is 1. The van der Waals surface area contributed by atoms with E-state index in [9.17, 15) is 9.90 Å². The summed E-state index contributed by atoms with van der Waals surface area (Å²) < 4.78 is 0. The Bertz CT molecular complexity index is 251. The summed E-state index contributed by atoms with van der Waals surface area (Å²) in [6.07, 6.45) is 2.44. The maximum atomic E-state index is 12.3. The van der Waals surface area contributed by atoms with E-state index < -0.39 is 6.10 Å². The van der Waals surface area contributed by atoms with Crippen molar-refractivity contribution in [3.8, 4) is 0 Å². The fourth-order valence-electron chi connectivity index (χ4n) is 2.35. The molecule has 0 aromatic carbocycles. The van der Waals surface area contributed by atoms with Crippen molar-refractivity contribution >= 4 is 5.91 Å². The van der Waals surface area contributed by atoms with Crippen LogP contribution in [0.2, 0.25) is 0 Å². The van der Waals surface area contributed by atoms with Gasteiger partial charge in [-0.25, -0.2) is 0 Å². The van der Waals surface area contributed by atoms with E-state index in [1.807, 2.05) is 11.9 Å². The lowest BCUT2D eigenvalue weighted by molar-refractivity contribution is -0.139. The van der Waals surface area contributed by atoms with Gasteiger partial charge in [-0.15, -0.1) is 0 Å². The molecule has 2 N–H and O–H groups in total. The summed E-state index contributed by atoms with van der Waals surface area (Å²) in [5.41, 5.74) is -0.153. The molecule has 1 heterocycles. The predicted octanol–water partition coefficient (Wildman–Crippen LogP) is 0.746. The Kier molecular flexibility index (Phi) is 4.33. The zero-order valence-electron chi connectivity index (χ0n) is 10.8. The molecule has 94 valence electrons. The van der Waals surface area contributed by atoms with Crippen LogP contribution in [0.4, 0.5) is 0 Å². The number of β-amino-alcohol motifs (C(OH)–C–C–N with tert-alkyl or cyclic N) is 1. The third-order valence-electron chi connectivity index (χ3n) is 3.37. The fourth-order valence-corrected chi connectivity index (χ4v) is 2.35. The Hall–Kier alpha value is -0.610. The molecule has 0 radical (unpaired) electrons. The molecule has 0 aromatic rings. The number of aliphatic hydroxyl groups excluding tert-OH is 1. The molecule has 1 saturated heterocycles. The molecular weight excluding hydrogens is 204 g/mol. The van der Waals surface area contributed by atoms with Gasteiger partial charge in [-0.05, 0) is 47.1 Å². The molecule has 2 unspecified atom stereocenters. The Morgan fingerprint density at radius 1 is 1.62 bits per heavy atom. The minimum Gasteiger partial charge on any atom is -0.392 e. The van der Waals surface area contributed by atoms with E-state index in [0.29, 0.717) is 6.54 Å². The van der Waals surface area contributed by atoms with Crippen LogP contribution in [0.25, 0.3) is 0 Å². The van der Waals surface area contributed by atoms with Crippen LogP contribution >= 0.6 is 0 Å². The van der Waals surface area contributed by atoms with E-state index in [-0.39, 0.29) is 17.5 Å². The number of nitrogens with zero attached hydrogens (tertiary/aromatic N) is 1. The van der Waals surface area contributed by atoms with E-state index in [2.05, 4.69) is 19.2 Å². The van der Waals surface area contributed by atoms with Crippen LogP contribution in [-0.2, 0) is 4.79 Å². The van der Waals surface area contributed by atoms with Crippen LogP contribution in [0.5, 0.6) is 0 Å². The average molecular weight is 228 g/mol. The molecule has 0 bridgehead atoms. The molecular formula is C12H24N2O2. The summed E-state index contributed by atoms with van der Waals surface area (Å²) in [6.45, 7) is 6.29. The van der Waals surface area contributed by atoms with Gasteiger partial charge in [-0.1, -0.05) is 0 Å². The van der Waals surface area contributed by atoms with Crippen LogP contribution in [0.15, 0.2) is 0 Å². The van der Waals surface area contributed by atoms with E-state index in [0.717, 1.165) is 19.3 Å². The fraction of sp³-hybridized carbons (Fsp3) is 0.917. The monoisotopic (exact) mass is 228 g/mol. The van der Waals surface area contributed by atoms with Crippen LogP contribution in [0.1, 0.15) is 40.0 Å². The van der Waals surface area contributed by atoms with Gasteiger partial charge in [0.25, 0.3) is 0 Å². The number of hydrogen-bond acceptors (Lipinski definition) is 3. The second-order valence-electron chi connectivity index (χ2n) is 5.34. The number of aliphatic hydroxyl groups is 1. The lowest BCUT2D eigenvalue weighted by atomic mass is 9.96. The molecule has 0 aromatic heterocycles. The van der Waals surface area contributed by atoms with Crippen molar-refractivity contribution in [1.82, 2.24) is 10.2 Å². The van der Waals surface area contributed by atoms with Crippen molar-refractivity contribution in [3.05, 3.63) is 0 Å². The number of rotatable bonds is 3. The summed E-state index contributed by atoms with van der Waals surface area (Å²) in [6, 6.07) is -0.0967. The molecule has 2 atom stereocenters. The van der Waals surface area contributed by atoms with Crippen molar-refractivity contribution in [1.29, 1.82) is 0 Å². The smallest absolute Gasteiger partial charge is 0.240 e. The van der Waals surface area contributed by atoms with Gasteiger partial charge in [0.1, 0.15) is 0 Å². The molecule has 0 aliphatic carbocycles. The largest absolute Gasteiger partial charge is 0.392 e. The Balaban J connectivity index is 2.88. The number of nitrogens with one attached hydrogen (secondary N) is 1. The summed E-state index contributed by atoms with van der Waals surface area (Å²) >= 11 is 0. The normalized spacial score (nSPS) is 27.7. The van der Waals surface area contributed by atoms with Crippen LogP contribution in [0.3, 0.4) is 0 Å². The lowest BCUT2D eigenvalue weighted by Gasteiger charge is -2.39.